The van der Waals surface area contributed by atoms with Crippen LogP contribution in [0.2, 0.25) is 0 Å². The van der Waals surface area contributed by atoms with Crippen LogP contribution in [0.25, 0.3) is 0 Å². The van der Waals surface area contributed by atoms with Crippen LogP contribution in [0, 0.1) is 0 Å². The van der Waals surface area contributed by atoms with E-state index in [1.165, 1.54) is 18.6 Å². The number of thioether (sulfide) groups is 1. The normalized spacial score (nSPS) is 12.0. The maximum atomic E-state index is 8.80. The monoisotopic (exact) mass is 205 g/mol. The van der Waals surface area contributed by atoms with E-state index in [-0.39, 0.29) is 12.1 Å². The first-order valence-electron chi connectivity index (χ1n) is 4.97. The highest BCUT2D eigenvalue weighted by atomic mass is 32.2. The maximum Gasteiger partial charge on any atom is 0.0448 e. The second-order valence-electron chi connectivity index (χ2n) is 3.98. The molecule has 2 nitrogen and oxygen atoms in total. The predicted octanol–water partition coefficient (Wildman–Crippen LogP) is 1.88. The van der Waals surface area contributed by atoms with Crippen LogP contribution in [0.5, 0.6) is 0 Å². The first-order chi connectivity index (χ1) is 6.12. The lowest BCUT2D eigenvalue weighted by Crippen LogP contribution is -2.40. The van der Waals surface area contributed by atoms with E-state index in [1.807, 2.05) is 11.8 Å². The van der Waals surface area contributed by atoms with E-state index in [9.17, 15) is 0 Å². The van der Waals surface area contributed by atoms with Gasteiger partial charge in [-0.2, -0.15) is 11.8 Å². The van der Waals surface area contributed by atoms with Gasteiger partial charge in [-0.3, -0.25) is 0 Å². The van der Waals surface area contributed by atoms with E-state index in [0.29, 0.717) is 0 Å². The number of hydrogen-bond donors (Lipinski definition) is 2. The minimum Gasteiger partial charge on any atom is -0.396 e. The summed E-state index contributed by atoms with van der Waals surface area (Å²) in [5.41, 5.74) is 0.0914. The Morgan fingerprint density at radius 3 is 2.54 bits per heavy atom. The van der Waals surface area contributed by atoms with Gasteiger partial charge in [0, 0.05) is 12.1 Å². The summed E-state index contributed by atoms with van der Waals surface area (Å²) in [5, 5.41) is 12.2. The predicted molar refractivity (Wildman–Crippen MR) is 61.4 cm³/mol. The van der Waals surface area contributed by atoms with Gasteiger partial charge >= 0.3 is 0 Å². The third-order valence-electron chi connectivity index (χ3n) is 2.12. The summed E-state index contributed by atoms with van der Waals surface area (Å²) in [4.78, 5) is 0. The average Bonchev–Trinajstić information content (AvgIpc) is 2.04. The lowest BCUT2D eigenvalue weighted by molar-refractivity contribution is 0.231. The Kier molecular flexibility index (Phi) is 7.81. The molecule has 0 amide bonds. The van der Waals surface area contributed by atoms with Gasteiger partial charge in [-0.15, -0.1) is 0 Å². The number of rotatable bonds is 8. The standard InChI is InChI=1S/C10H23NOS/c1-10(2,6-8-12)11-7-4-5-9-13-3/h11-12H,4-9H2,1-3H3. The van der Waals surface area contributed by atoms with Gasteiger partial charge < -0.3 is 10.4 Å². The highest BCUT2D eigenvalue weighted by molar-refractivity contribution is 7.98. The van der Waals surface area contributed by atoms with Gasteiger partial charge in [0.25, 0.3) is 0 Å². The second kappa shape index (κ2) is 7.65. The molecule has 13 heavy (non-hydrogen) atoms. The number of unbranched alkanes of at least 4 members (excludes halogenated alkanes) is 1. The first-order valence-corrected chi connectivity index (χ1v) is 6.36. The van der Waals surface area contributed by atoms with Crippen molar-refractivity contribution in [2.75, 3.05) is 25.2 Å². The zero-order valence-electron chi connectivity index (χ0n) is 9.10. The molecule has 0 aromatic carbocycles. The quantitative estimate of drug-likeness (QED) is 0.593. The fraction of sp³-hybridized carbons (Fsp3) is 1.00. The highest BCUT2D eigenvalue weighted by Crippen LogP contribution is 2.07. The third-order valence-corrected chi connectivity index (χ3v) is 2.81. The third kappa shape index (κ3) is 8.60. The Balaban J connectivity index is 3.29. The van der Waals surface area contributed by atoms with E-state index in [1.54, 1.807) is 0 Å². The van der Waals surface area contributed by atoms with Gasteiger partial charge in [-0.1, -0.05) is 0 Å². The molecular weight excluding hydrogens is 182 g/mol. The molecule has 0 aromatic rings. The number of hydrogen-bond acceptors (Lipinski definition) is 3. The Bertz CT molecular complexity index is 117. The minimum atomic E-state index is 0.0914. The van der Waals surface area contributed by atoms with Gasteiger partial charge in [0.15, 0.2) is 0 Å². The smallest absolute Gasteiger partial charge is 0.0448 e. The van der Waals surface area contributed by atoms with Crippen molar-refractivity contribution in [1.29, 1.82) is 0 Å². The van der Waals surface area contributed by atoms with Crippen molar-refractivity contribution in [2.45, 2.75) is 38.6 Å². The molecule has 0 heterocycles. The molecule has 0 saturated carbocycles. The summed E-state index contributed by atoms with van der Waals surface area (Å²) in [7, 11) is 0. The molecule has 0 aromatic heterocycles. The largest absolute Gasteiger partial charge is 0.396 e. The lowest BCUT2D eigenvalue weighted by Gasteiger charge is -2.25. The van der Waals surface area contributed by atoms with Crippen molar-refractivity contribution in [1.82, 2.24) is 5.32 Å². The minimum absolute atomic E-state index is 0.0914. The van der Waals surface area contributed by atoms with Gasteiger partial charge in [0.2, 0.25) is 0 Å². The summed E-state index contributed by atoms with van der Waals surface area (Å²) < 4.78 is 0. The van der Waals surface area contributed by atoms with Crippen LogP contribution in [-0.4, -0.2) is 35.8 Å². The topological polar surface area (TPSA) is 32.3 Å². The lowest BCUT2D eigenvalue weighted by atomic mass is 10.0. The summed E-state index contributed by atoms with van der Waals surface area (Å²) in [6, 6.07) is 0. The summed E-state index contributed by atoms with van der Waals surface area (Å²) in [6.07, 6.45) is 5.48. The molecule has 0 fully saturated rings. The van der Waals surface area contributed by atoms with Crippen LogP contribution < -0.4 is 5.32 Å². The molecule has 0 unspecified atom stereocenters. The van der Waals surface area contributed by atoms with Crippen molar-refractivity contribution in [2.24, 2.45) is 0 Å². The zero-order valence-corrected chi connectivity index (χ0v) is 9.91. The Morgan fingerprint density at radius 2 is 2.00 bits per heavy atom. The van der Waals surface area contributed by atoms with Crippen molar-refractivity contribution in [3.8, 4) is 0 Å². The molecule has 0 aliphatic heterocycles. The van der Waals surface area contributed by atoms with Crippen molar-refractivity contribution in [3.63, 3.8) is 0 Å². The van der Waals surface area contributed by atoms with Crippen molar-refractivity contribution in [3.05, 3.63) is 0 Å². The molecule has 80 valence electrons. The van der Waals surface area contributed by atoms with Gasteiger partial charge in [0.1, 0.15) is 0 Å². The van der Waals surface area contributed by atoms with Crippen LogP contribution in [0.4, 0.5) is 0 Å². The molecule has 0 rings (SSSR count). The highest BCUT2D eigenvalue weighted by Gasteiger charge is 2.14. The van der Waals surface area contributed by atoms with Crippen molar-refractivity contribution < 1.29 is 5.11 Å². The van der Waals surface area contributed by atoms with Crippen LogP contribution in [0.15, 0.2) is 0 Å². The molecule has 0 aliphatic carbocycles. The van der Waals surface area contributed by atoms with Crippen LogP contribution in [-0.2, 0) is 0 Å². The second-order valence-corrected chi connectivity index (χ2v) is 4.97. The van der Waals surface area contributed by atoms with E-state index in [0.717, 1.165) is 13.0 Å². The fourth-order valence-corrected chi connectivity index (χ4v) is 1.66. The molecule has 0 radical (unpaired) electrons. The van der Waals surface area contributed by atoms with E-state index in [2.05, 4.69) is 25.4 Å². The summed E-state index contributed by atoms with van der Waals surface area (Å²) in [5.74, 6) is 1.25. The van der Waals surface area contributed by atoms with Gasteiger partial charge in [0.05, 0.1) is 0 Å². The number of aliphatic hydroxyl groups excluding tert-OH is 1. The van der Waals surface area contributed by atoms with E-state index in [4.69, 9.17) is 5.11 Å². The fourth-order valence-electron chi connectivity index (χ4n) is 1.17. The maximum absolute atomic E-state index is 8.80. The van der Waals surface area contributed by atoms with Gasteiger partial charge in [-0.05, 0) is 51.7 Å². The molecular formula is C10H23NOS. The SMILES string of the molecule is CSCCCCNC(C)(C)CCO. The molecule has 0 atom stereocenters. The average molecular weight is 205 g/mol. The van der Waals surface area contributed by atoms with E-state index < -0.39 is 0 Å². The Morgan fingerprint density at radius 1 is 1.31 bits per heavy atom. The molecule has 0 spiro atoms. The number of nitrogens with one attached hydrogen (secondary N) is 1. The zero-order chi connectivity index (χ0) is 10.2. The molecule has 0 bridgehead atoms. The van der Waals surface area contributed by atoms with Crippen LogP contribution >= 0.6 is 11.8 Å². The number of aliphatic hydroxyl groups is 1. The molecule has 0 saturated heterocycles. The first kappa shape index (κ1) is 13.3. The Labute approximate surface area is 86.5 Å². The molecule has 0 aliphatic rings. The summed E-state index contributed by atoms with van der Waals surface area (Å²) >= 11 is 1.90. The van der Waals surface area contributed by atoms with Gasteiger partial charge in [-0.25, -0.2) is 0 Å². The van der Waals surface area contributed by atoms with Crippen LogP contribution in [0.1, 0.15) is 33.1 Å². The summed E-state index contributed by atoms with van der Waals surface area (Å²) in [6.45, 7) is 5.61. The Hall–Kier alpha value is 0.270. The molecule has 2 N–H and O–H groups in total. The van der Waals surface area contributed by atoms with E-state index >= 15 is 0 Å². The van der Waals surface area contributed by atoms with Crippen LogP contribution in [0.3, 0.4) is 0 Å². The molecule has 3 heteroatoms. The van der Waals surface area contributed by atoms with Crippen molar-refractivity contribution >= 4 is 11.8 Å².